The fraction of sp³-hybridized carbons (Fsp3) is 1.00. The first-order valence-corrected chi connectivity index (χ1v) is 4.47. The van der Waals surface area contributed by atoms with Crippen molar-refractivity contribution in [2.24, 2.45) is 5.41 Å². The molecule has 13 heavy (non-hydrogen) atoms. The lowest BCUT2D eigenvalue weighted by atomic mass is 9.89. The van der Waals surface area contributed by atoms with Gasteiger partial charge >= 0.3 is 0 Å². The summed E-state index contributed by atoms with van der Waals surface area (Å²) in [5.41, 5.74) is -0.424. The Morgan fingerprint density at radius 3 is 2.15 bits per heavy atom. The summed E-state index contributed by atoms with van der Waals surface area (Å²) >= 11 is 0. The summed E-state index contributed by atoms with van der Waals surface area (Å²) in [6, 6.07) is 0. The molecule has 4 nitrogen and oxygen atoms in total. The third-order valence-corrected chi connectivity index (χ3v) is 2.05. The summed E-state index contributed by atoms with van der Waals surface area (Å²) in [5.74, 6) is 0. The lowest BCUT2D eigenvalue weighted by molar-refractivity contribution is 0.0154. The highest BCUT2D eigenvalue weighted by atomic mass is 16.5. The maximum atomic E-state index is 8.95. The van der Waals surface area contributed by atoms with E-state index in [9.17, 15) is 0 Å². The summed E-state index contributed by atoms with van der Waals surface area (Å²) in [7, 11) is 1.62. The number of methoxy groups -OCH3 is 1. The first-order valence-electron chi connectivity index (χ1n) is 4.47. The molecule has 0 fully saturated rings. The third-order valence-electron chi connectivity index (χ3n) is 2.05. The van der Waals surface area contributed by atoms with Gasteiger partial charge in [-0.1, -0.05) is 6.92 Å². The van der Waals surface area contributed by atoms with E-state index in [1.54, 1.807) is 7.11 Å². The van der Waals surface area contributed by atoms with Crippen molar-refractivity contribution in [2.45, 2.75) is 13.3 Å². The predicted octanol–water partition coefficient (Wildman–Crippen LogP) is 0.0304. The average molecular weight is 192 g/mol. The average Bonchev–Trinajstić information content (AvgIpc) is 2.17. The van der Waals surface area contributed by atoms with Gasteiger partial charge in [-0.15, -0.1) is 0 Å². The predicted molar refractivity (Wildman–Crippen MR) is 49.6 cm³/mol. The molecule has 4 heteroatoms. The van der Waals surface area contributed by atoms with Crippen molar-refractivity contribution in [3.8, 4) is 0 Å². The van der Waals surface area contributed by atoms with Crippen LogP contribution in [0.15, 0.2) is 0 Å². The molecule has 0 spiro atoms. The minimum Gasteiger partial charge on any atom is -0.396 e. The van der Waals surface area contributed by atoms with E-state index < -0.39 is 5.41 Å². The van der Waals surface area contributed by atoms with Gasteiger partial charge in [-0.3, -0.25) is 0 Å². The molecular formula is C9H20O4. The smallest absolute Gasteiger partial charge is 0.0700 e. The molecule has 0 saturated heterocycles. The van der Waals surface area contributed by atoms with Gasteiger partial charge in [-0.05, 0) is 6.42 Å². The molecule has 80 valence electrons. The molecule has 2 N–H and O–H groups in total. The second-order valence-corrected chi connectivity index (χ2v) is 3.48. The van der Waals surface area contributed by atoms with E-state index in [-0.39, 0.29) is 13.2 Å². The van der Waals surface area contributed by atoms with E-state index in [0.29, 0.717) is 26.2 Å². The summed E-state index contributed by atoms with van der Waals surface area (Å²) in [4.78, 5) is 0. The van der Waals surface area contributed by atoms with E-state index in [2.05, 4.69) is 0 Å². The zero-order chi connectivity index (χ0) is 10.2. The molecule has 0 atom stereocenters. The van der Waals surface area contributed by atoms with E-state index >= 15 is 0 Å². The number of rotatable bonds is 8. The molecule has 0 radical (unpaired) electrons. The van der Waals surface area contributed by atoms with Gasteiger partial charge in [0.2, 0.25) is 0 Å². The Balaban J connectivity index is 3.39. The lowest BCUT2D eigenvalue weighted by Gasteiger charge is -2.24. The summed E-state index contributed by atoms with van der Waals surface area (Å²) in [5, 5.41) is 17.9. The molecule has 0 aromatic rings. The molecule has 0 saturated carbocycles. The van der Waals surface area contributed by atoms with Crippen LogP contribution in [0.5, 0.6) is 0 Å². The minimum absolute atomic E-state index is 0.0167. The molecule has 0 amide bonds. The highest BCUT2D eigenvalue weighted by Gasteiger charge is 2.21. The van der Waals surface area contributed by atoms with Crippen molar-refractivity contribution in [1.82, 2.24) is 0 Å². The largest absolute Gasteiger partial charge is 0.396 e. The number of aliphatic hydroxyl groups excluding tert-OH is 2. The quantitative estimate of drug-likeness (QED) is 0.533. The third kappa shape index (κ3) is 5.99. The van der Waals surface area contributed by atoms with Crippen LogP contribution in [0, 0.1) is 5.41 Å². The van der Waals surface area contributed by atoms with Crippen molar-refractivity contribution >= 4 is 0 Å². The Hall–Kier alpha value is -0.160. The Morgan fingerprint density at radius 2 is 1.69 bits per heavy atom. The Kier molecular flexibility index (Phi) is 7.17. The van der Waals surface area contributed by atoms with Gasteiger partial charge in [-0.2, -0.15) is 0 Å². The number of hydrogen-bond donors (Lipinski definition) is 2. The molecular weight excluding hydrogens is 172 g/mol. The van der Waals surface area contributed by atoms with Crippen LogP contribution in [0.25, 0.3) is 0 Å². The topological polar surface area (TPSA) is 58.9 Å². The van der Waals surface area contributed by atoms with Gasteiger partial charge in [0.1, 0.15) is 0 Å². The van der Waals surface area contributed by atoms with Gasteiger partial charge in [-0.25, -0.2) is 0 Å². The van der Waals surface area contributed by atoms with Crippen molar-refractivity contribution in [3.05, 3.63) is 0 Å². The maximum absolute atomic E-state index is 8.95. The zero-order valence-electron chi connectivity index (χ0n) is 8.45. The monoisotopic (exact) mass is 192 g/mol. The van der Waals surface area contributed by atoms with Crippen LogP contribution in [-0.2, 0) is 9.47 Å². The van der Waals surface area contributed by atoms with Crippen molar-refractivity contribution in [3.63, 3.8) is 0 Å². The van der Waals surface area contributed by atoms with Crippen LogP contribution in [0.4, 0.5) is 0 Å². The van der Waals surface area contributed by atoms with Gasteiger partial charge in [0.05, 0.1) is 26.4 Å². The Bertz CT molecular complexity index is 112. The van der Waals surface area contributed by atoms with Crippen molar-refractivity contribution < 1.29 is 19.7 Å². The first-order chi connectivity index (χ1) is 6.18. The van der Waals surface area contributed by atoms with Crippen LogP contribution in [0.2, 0.25) is 0 Å². The van der Waals surface area contributed by atoms with E-state index in [1.807, 2.05) is 6.92 Å². The van der Waals surface area contributed by atoms with E-state index in [4.69, 9.17) is 19.7 Å². The molecule has 0 aliphatic carbocycles. The summed E-state index contributed by atoms with van der Waals surface area (Å²) in [6.07, 6.45) is 0.656. The molecule has 0 aromatic carbocycles. The van der Waals surface area contributed by atoms with E-state index in [1.165, 1.54) is 0 Å². The highest BCUT2D eigenvalue weighted by molar-refractivity contribution is 4.71. The molecule has 0 unspecified atom stereocenters. The zero-order valence-corrected chi connectivity index (χ0v) is 8.45. The molecule has 0 heterocycles. The normalized spacial score (nSPS) is 12.0. The van der Waals surface area contributed by atoms with Crippen molar-refractivity contribution in [1.29, 1.82) is 0 Å². The number of hydrogen-bond acceptors (Lipinski definition) is 4. The standard InChI is InChI=1S/C9H20O4/c1-9(7-10,8-11)3-4-13-6-5-12-2/h10-11H,3-8H2,1-2H3. The van der Waals surface area contributed by atoms with Gasteiger partial charge in [0, 0.05) is 19.1 Å². The van der Waals surface area contributed by atoms with Crippen molar-refractivity contribution in [2.75, 3.05) is 40.1 Å². The van der Waals surface area contributed by atoms with Crippen LogP contribution in [-0.4, -0.2) is 50.4 Å². The van der Waals surface area contributed by atoms with Crippen LogP contribution in [0.1, 0.15) is 13.3 Å². The molecule has 0 rings (SSSR count). The first kappa shape index (κ1) is 12.8. The SMILES string of the molecule is COCCOCCC(C)(CO)CO. The second-order valence-electron chi connectivity index (χ2n) is 3.48. The highest BCUT2D eigenvalue weighted by Crippen LogP contribution is 2.18. The lowest BCUT2D eigenvalue weighted by Crippen LogP contribution is -2.27. The van der Waals surface area contributed by atoms with Crippen LogP contribution >= 0.6 is 0 Å². The fourth-order valence-corrected chi connectivity index (χ4v) is 0.771. The van der Waals surface area contributed by atoms with Gasteiger partial charge in [0.25, 0.3) is 0 Å². The maximum Gasteiger partial charge on any atom is 0.0700 e. The number of aliphatic hydroxyl groups is 2. The molecule has 0 aliphatic rings. The molecule has 0 aliphatic heterocycles. The summed E-state index contributed by atoms with van der Waals surface area (Å²) in [6.45, 7) is 3.47. The fourth-order valence-electron chi connectivity index (χ4n) is 0.771. The van der Waals surface area contributed by atoms with Crippen LogP contribution in [0.3, 0.4) is 0 Å². The minimum atomic E-state index is -0.424. The van der Waals surface area contributed by atoms with Crippen LogP contribution < -0.4 is 0 Å². The second kappa shape index (κ2) is 7.26. The van der Waals surface area contributed by atoms with Gasteiger partial charge < -0.3 is 19.7 Å². The summed E-state index contributed by atoms with van der Waals surface area (Å²) < 4.78 is 10.0. The Labute approximate surface area is 79.5 Å². The number of ether oxygens (including phenoxy) is 2. The molecule has 0 aromatic heterocycles. The van der Waals surface area contributed by atoms with Gasteiger partial charge in [0.15, 0.2) is 0 Å². The molecule has 0 bridgehead atoms. The Morgan fingerprint density at radius 1 is 1.08 bits per heavy atom. The van der Waals surface area contributed by atoms with E-state index in [0.717, 1.165) is 0 Å².